The summed E-state index contributed by atoms with van der Waals surface area (Å²) in [6, 6.07) is 5.46. The van der Waals surface area contributed by atoms with Gasteiger partial charge < -0.3 is 14.2 Å². The Morgan fingerprint density at radius 3 is 2.75 bits per heavy atom. The van der Waals surface area contributed by atoms with Crippen molar-refractivity contribution in [2.45, 2.75) is 20.3 Å². The predicted octanol–water partition coefficient (Wildman–Crippen LogP) is 2.80. The van der Waals surface area contributed by atoms with Crippen LogP contribution in [0.2, 0.25) is 0 Å². The molecule has 0 atom stereocenters. The molecule has 2 rings (SSSR count). The molecule has 5 heteroatoms. The molecule has 1 heterocycles. The smallest absolute Gasteiger partial charge is 0.363 e. The molecule has 0 aliphatic carbocycles. The van der Waals surface area contributed by atoms with Crippen molar-refractivity contribution >= 4 is 17.9 Å². The number of benzene rings is 1. The molecular weight excluding hydrogens is 258 g/mol. The number of nitrogens with zero attached hydrogens (tertiary/aromatic N) is 1. The summed E-state index contributed by atoms with van der Waals surface area (Å²) < 4.78 is 15.7. The van der Waals surface area contributed by atoms with Crippen LogP contribution < -0.4 is 9.47 Å². The van der Waals surface area contributed by atoms with Crippen LogP contribution in [0.25, 0.3) is 6.08 Å². The Bertz CT molecular complexity index is 575. The summed E-state index contributed by atoms with van der Waals surface area (Å²) in [6.07, 6.45) is 2.58. The van der Waals surface area contributed by atoms with E-state index in [4.69, 9.17) is 14.2 Å². The fraction of sp³-hybridized carbons (Fsp3) is 0.333. The lowest BCUT2D eigenvalue weighted by Crippen LogP contribution is -2.00. The Morgan fingerprint density at radius 1 is 1.35 bits per heavy atom. The third kappa shape index (κ3) is 3.17. The van der Waals surface area contributed by atoms with Gasteiger partial charge in [-0.15, -0.1) is 0 Å². The van der Waals surface area contributed by atoms with Crippen molar-refractivity contribution in [1.29, 1.82) is 0 Å². The fourth-order valence-electron chi connectivity index (χ4n) is 1.78. The van der Waals surface area contributed by atoms with E-state index in [0.717, 1.165) is 12.0 Å². The first-order chi connectivity index (χ1) is 9.63. The van der Waals surface area contributed by atoms with Gasteiger partial charge >= 0.3 is 5.97 Å². The summed E-state index contributed by atoms with van der Waals surface area (Å²) in [5, 5.41) is 0. The van der Waals surface area contributed by atoms with E-state index in [-0.39, 0.29) is 5.70 Å². The summed E-state index contributed by atoms with van der Waals surface area (Å²) in [6.45, 7) is 4.31. The molecule has 0 spiro atoms. The summed E-state index contributed by atoms with van der Waals surface area (Å²) in [5.74, 6) is 1.23. The monoisotopic (exact) mass is 275 g/mol. The van der Waals surface area contributed by atoms with E-state index in [2.05, 4.69) is 4.99 Å². The van der Waals surface area contributed by atoms with Gasteiger partial charge in [0, 0.05) is 6.92 Å². The zero-order valence-corrected chi connectivity index (χ0v) is 11.8. The average molecular weight is 275 g/mol. The highest BCUT2D eigenvalue weighted by Crippen LogP contribution is 2.29. The van der Waals surface area contributed by atoms with Gasteiger partial charge in [0.2, 0.25) is 0 Å². The number of cyclic esters (lactones) is 1. The second kappa shape index (κ2) is 6.23. The molecule has 0 bridgehead atoms. The van der Waals surface area contributed by atoms with Crippen LogP contribution in [0.1, 0.15) is 25.8 Å². The van der Waals surface area contributed by atoms with E-state index in [1.54, 1.807) is 26.2 Å². The Balaban J connectivity index is 2.26. The van der Waals surface area contributed by atoms with E-state index in [9.17, 15) is 4.79 Å². The lowest BCUT2D eigenvalue weighted by molar-refractivity contribution is -0.130. The standard InChI is InChI=1S/C15H17NO4/c1-4-7-19-13-6-5-11(9-14(13)18-3)8-12-15(17)20-10(2)16-12/h5-6,8-9H,4,7H2,1-3H3. The van der Waals surface area contributed by atoms with E-state index in [1.807, 2.05) is 19.1 Å². The summed E-state index contributed by atoms with van der Waals surface area (Å²) in [5.41, 5.74) is 1.09. The van der Waals surface area contributed by atoms with Crippen molar-refractivity contribution in [2.75, 3.05) is 13.7 Å². The molecule has 0 unspecified atom stereocenters. The zero-order valence-electron chi connectivity index (χ0n) is 11.8. The van der Waals surface area contributed by atoms with Gasteiger partial charge in [-0.3, -0.25) is 0 Å². The maximum atomic E-state index is 11.5. The van der Waals surface area contributed by atoms with Crippen LogP contribution in [0.15, 0.2) is 28.9 Å². The van der Waals surface area contributed by atoms with Gasteiger partial charge in [-0.05, 0) is 30.2 Å². The van der Waals surface area contributed by atoms with Crippen LogP contribution >= 0.6 is 0 Å². The van der Waals surface area contributed by atoms with Crippen LogP contribution in [0.5, 0.6) is 11.5 Å². The highest BCUT2D eigenvalue weighted by molar-refractivity contribution is 6.06. The molecule has 0 saturated carbocycles. The summed E-state index contributed by atoms with van der Waals surface area (Å²) >= 11 is 0. The lowest BCUT2D eigenvalue weighted by Gasteiger charge is -2.10. The first-order valence-electron chi connectivity index (χ1n) is 6.44. The van der Waals surface area contributed by atoms with Crippen LogP contribution in [-0.4, -0.2) is 25.6 Å². The largest absolute Gasteiger partial charge is 0.493 e. The number of hydrogen-bond acceptors (Lipinski definition) is 5. The summed E-state index contributed by atoms with van der Waals surface area (Å²) in [4.78, 5) is 15.5. The van der Waals surface area contributed by atoms with Crippen LogP contribution in [-0.2, 0) is 9.53 Å². The minimum absolute atomic E-state index is 0.284. The topological polar surface area (TPSA) is 57.1 Å². The normalized spacial score (nSPS) is 16.1. The lowest BCUT2D eigenvalue weighted by atomic mass is 10.1. The Hall–Kier alpha value is -2.30. The molecule has 5 nitrogen and oxygen atoms in total. The molecule has 0 N–H and O–H groups in total. The highest BCUT2D eigenvalue weighted by Gasteiger charge is 2.19. The van der Waals surface area contributed by atoms with Crippen LogP contribution in [0.3, 0.4) is 0 Å². The van der Waals surface area contributed by atoms with Crippen molar-refractivity contribution in [3.8, 4) is 11.5 Å². The Labute approximate surface area is 117 Å². The van der Waals surface area contributed by atoms with Crippen molar-refractivity contribution < 1.29 is 19.0 Å². The minimum atomic E-state index is -0.437. The molecule has 0 fully saturated rings. The number of rotatable bonds is 5. The van der Waals surface area contributed by atoms with Gasteiger partial charge in [0.05, 0.1) is 13.7 Å². The third-order valence-electron chi connectivity index (χ3n) is 2.68. The molecule has 106 valence electrons. The summed E-state index contributed by atoms with van der Waals surface area (Å²) in [7, 11) is 1.58. The predicted molar refractivity (Wildman–Crippen MR) is 76.0 cm³/mol. The second-order valence-electron chi connectivity index (χ2n) is 4.31. The molecule has 0 aromatic heterocycles. The van der Waals surface area contributed by atoms with Crippen molar-refractivity contribution in [1.82, 2.24) is 0 Å². The number of carbonyl (C=O) groups excluding carboxylic acids is 1. The first kappa shape index (κ1) is 14.1. The van der Waals surface area contributed by atoms with Gasteiger partial charge in [0.25, 0.3) is 0 Å². The van der Waals surface area contributed by atoms with E-state index >= 15 is 0 Å². The number of ether oxygens (including phenoxy) is 3. The maximum Gasteiger partial charge on any atom is 0.363 e. The number of methoxy groups -OCH3 is 1. The van der Waals surface area contributed by atoms with Gasteiger partial charge in [-0.1, -0.05) is 13.0 Å². The number of aliphatic imine (C=N–C) groups is 1. The quantitative estimate of drug-likeness (QED) is 0.612. The van der Waals surface area contributed by atoms with Crippen molar-refractivity contribution in [3.63, 3.8) is 0 Å². The second-order valence-corrected chi connectivity index (χ2v) is 4.31. The molecule has 0 radical (unpaired) electrons. The zero-order chi connectivity index (χ0) is 14.5. The maximum absolute atomic E-state index is 11.5. The van der Waals surface area contributed by atoms with Gasteiger partial charge in [-0.25, -0.2) is 9.79 Å². The third-order valence-corrected chi connectivity index (χ3v) is 2.68. The van der Waals surface area contributed by atoms with Gasteiger partial charge in [0.15, 0.2) is 23.1 Å². The van der Waals surface area contributed by atoms with E-state index < -0.39 is 5.97 Å². The Kier molecular flexibility index (Phi) is 4.40. The molecule has 1 aliphatic rings. The average Bonchev–Trinajstić information content (AvgIpc) is 2.75. The Morgan fingerprint density at radius 2 is 2.15 bits per heavy atom. The van der Waals surface area contributed by atoms with Crippen molar-refractivity contribution in [3.05, 3.63) is 29.5 Å². The fourth-order valence-corrected chi connectivity index (χ4v) is 1.78. The van der Waals surface area contributed by atoms with E-state index in [1.165, 1.54) is 0 Å². The van der Waals surface area contributed by atoms with Crippen LogP contribution in [0.4, 0.5) is 0 Å². The van der Waals surface area contributed by atoms with Crippen molar-refractivity contribution in [2.24, 2.45) is 4.99 Å². The molecule has 1 aliphatic heterocycles. The molecule has 1 aromatic carbocycles. The number of esters is 1. The molecule has 0 amide bonds. The SMILES string of the molecule is CCCOc1ccc(C=C2N=C(C)OC2=O)cc1OC. The molecule has 1 aromatic rings. The minimum Gasteiger partial charge on any atom is -0.493 e. The number of hydrogen-bond donors (Lipinski definition) is 0. The van der Waals surface area contributed by atoms with Gasteiger partial charge in [-0.2, -0.15) is 0 Å². The molecule has 20 heavy (non-hydrogen) atoms. The van der Waals surface area contributed by atoms with Gasteiger partial charge in [0.1, 0.15) is 0 Å². The van der Waals surface area contributed by atoms with E-state index in [0.29, 0.717) is 24.0 Å². The van der Waals surface area contributed by atoms with Crippen LogP contribution in [0, 0.1) is 0 Å². The first-order valence-corrected chi connectivity index (χ1v) is 6.44. The molecular formula is C15H17NO4. The molecule has 0 saturated heterocycles. The number of carbonyl (C=O) groups is 1. The highest BCUT2D eigenvalue weighted by atomic mass is 16.6.